The number of benzene rings is 2. The van der Waals surface area contributed by atoms with E-state index in [0.717, 1.165) is 81.9 Å². The first-order valence-electron chi connectivity index (χ1n) is 12.2. The molecule has 1 aliphatic carbocycles. The molecule has 2 heterocycles. The number of carbonyl (C=O) groups excluding carboxylic acids is 1. The molecule has 6 heteroatoms. The molecule has 33 heavy (non-hydrogen) atoms. The summed E-state index contributed by atoms with van der Waals surface area (Å²) in [5.41, 5.74) is 4.79. The minimum absolute atomic E-state index is 0.0504. The summed E-state index contributed by atoms with van der Waals surface area (Å²) in [6.45, 7) is 5.82. The largest absolute Gasteiger partial charge is 0.495 e. The van der Waals surface area contributed by atoms with Crippen LogP contribution in [0.2, 0.25) is 0 Å². The van der Waals surface area contributed by atoms with Crippen LogP contribution in [0.25, 0.3) is 10.9 Å². The first-order chi connectivity index (χ1) is 16.2. The minimum atomic E-state index is -0.0504. The first kappa shape index (κ1) is 21.8. The number of aromatic amines is 1. The summed E-state index contributed by atoms with van der Waals surface area (Å²) in [6, 6.07) is 16.6. The molecule has 1 aliphatic heterocycles. The highest BCUT2D eigenvalue weighted by Crippen LogP contribution is 2.36. The fourth-order valence-corrected chi connectivity index (χ4v) is 5.42. The molecule has 2 N–H and O–H groups in total. The van der Waals surface area contributed by atoms with E-state index in [1.807, 2.05) is 12.1 Å². The van der Waals surface area contributed by atoms with Gasteiger partial charge in [0, 0.05) is 49.3 Å². The predicted molar refractivity (Wildman–Crippen MR) is 133 cm³/mol. The highest BCUT2D eigenvalue weighted by Gasteiger charge is 2.29. The molecule has 0 saturated carbocycles. The standard InChI is InChI=1S/C27H34N4O2/c1-33-25-13-5-4-12-24(25)31-18-16-30(17-19-31)15-7-14-28-27(32)22-10-6-9-21-20-8-2-3-11-23(20)29-26(21)22/h2-5,8,11-13,22,29H,6-7,9-10,14-19H2,1H3,(H,28,32)/t22-/m0/s1. The Labute approximate surface area is 195 Å². The number of H-pyrrole nitrogens is 1. The summed E-state index contributed by atoms with van der Waals surface area (Å²) in [5.74, 6) is 1.06. The topological polar surface area (TPSA) is 60.6 Å². The van der Waals surface area contributed by atoms with E-state index >= 15 is 0 Å². The summed E-state index contributed by atoms with van der Waals surface area (Å²) >= 11 is 0. The third-order valence-corrected chi connectivity index (χ3v) is 7.18. The van der Waals surface area contributed by atoms with Crippen molar-refractivity contribution in [3.63, 3.8) is 0 Å². The Morgan fingerprint density at radius 3 is 2.73 bits per heavy atom. The second-order valence-corrected chi connectivity index (χ2v) is 9.15. The van der Waals surface area contributed by atoms with Gasteiger partial charge in [-0.2, -0.15) is 0 Å². The molecule has 0 unspecified atom stereocenters. The summed E-state index contributed by atoms with van der Waals surface area (Å²) < 4.78 is 5.52. The number of carbonyl (C=O) groups is 1. The maximum absolute atomic E-state index is 13.0. The van der Waals surface area contributed by atoms with Gasteiger partial charge >= 0.3 is 0 Å². The van der Waals surface area contributed by atoms with E-state index in [-0.39, 0.29) is 11.8 Å². The third kappa shape index (κ3) is 4.58. The van der Waals surface area contributed by atoms with Crippen LogP contribution in [0.3, 0.4) is 0 Å². The van der Waals surface area contributed by atoms with E-state index in [0.29, 0.717) is 0 Å². The lowest BCUT2D eigenvalue weighted by Crippen LogP contribution is -2.47. The average molecular weight is 447 g/mol. The van der Waals surface area contributed by atoms with Crippen LogP contribution in [-0.4, -0.2) is 62.2 Å². The molecule has 1 fully saturated rings. The highest BCUT2D eigenvalue weighted by molar-refractivity contribution is 5.90. The molecule has 3 aromatic rings. The fourth-order valence-electron chi connectivity index (χ4n) is 5.42. The zero-order chi connectivity index (χ0) is 22.6. The van der Waals surface area contributed by atoms with E-state index in [4.69, 9.17) is 4.74 Å². The van der Waals surface area contributed by atoms with Gasteiger partial charge < -0.3 is 19.9 Å². The van der Waals surface area contributed by atoms with E-state index in [1.165, 1.54) is 16.6 Å². The number of nitrogens with zero attached hydrogens (tertiary/aromatic N) is 2. The number of aromatic nitrogens is 1. The number of aryl methyl sites for hydroxylation is 1. The monoisotopic (exact) mass is 446 g/mol. The Hall–Kier alpha value is -2.99. The molecule has 1 saturated heterocycles. The van der Waals surface area contributed by atoms with Gasteiger partial charge in [-0.1, -0.05) is 30.3 Å². The van der Waals surface area contributed by atoms with E-state index < -0.39 is 0 Å². The maximum atomic E-state index is 13.0. The molecule has 2 aromatic carbocycles. The molecule has 0 spiro atoms. The lowest BCUT2D eigenvalue weighted by atomic mass is 9.86. The summed E-state index contributed by atoms with van der Waals surface area (Å²) in [6.07, 6.45) is 4.04. The van der Waals surface area contributed by atoms with Gasteiger partial charge in [-0.15, -0.1) is 0 Å². The Morgan fingerprint density at radius 1 is 1.09 bits per heavy atom. The smallest absolute Gasteiger partial charge is 0.229 e. The molecular weight excluding hydrogens is 412 g/mol. The zero-order valence-corrected chi connectivity index (χ0v) is 19.5. The highest BCUT2D eigenvalue weighted by atomic mass is 16.5. The zero-order valence-electron chi connectivity index (χ0n) is 19.5. The number of amides is 1. The van der Waals surface area contributed by atoms with Crippen LogP contribution in [0.15, 0.2) is 48.5 Å². The van der Waals surface area contributed by atoms with Crippen LogP contribution in [0, 0.1) is 0 Å². The first-order valence-corrected chi connectivity index (χ1v) is 12.2. The van der Waals surface area contributed by atoms with Crippen LogP contribution in [0.1, 0.15) is 36.4 Å². The number of anilines is 1. The van der Waals surface area contributed by atoms with Crippen LogP contribution >= 0.6 is 0 Å². The van der Waals surface area contributed by atoms with Crippen molar-refractivity contribution >= 4 is 22.5 Å². The number of fused-ring (bicyclic) bond motifs is 3. The van der Waals surface area contributed by atoms with Crippen molar-refractivity contribution in [2.75, 3.05) is 51.3 Å². The lowest BCUT2D eigenvalue weighted by Gasteiger charge is -2.36. The van der Waals surface area contributed by atoms with E-state index in [1.54, 1.807) is 7.11 Å². The summed E-state index contributed by atoms with van der Waals surface area (Å²) in [4.78, 5) is 21.4. The van der Waals surface area contributed by atoms with Crippen LogP contribution in [0.5, 0.6) is 5.75 Å². The third-order valence-electron chi connectivity index (χ3n) is 7.18. The number of ether oxygens (including phenoxy) is 1. The molecule has 1 aromatic heterocycles. The van der Waals surface area contributed by atoms with Gasteiger partial charge in [0.1, 0.15) is 5.75 Å². The molecule has 5 rings (SSSR count). The number of para-hydroxylation sites is 3. The van der Waals surface area contributed by atoms with Gasteiger partial charge in [0.15, 0.2) is 0 Å². The van der Waals surface area contributed by atoms with Crippen LogP contribution in [-0.2, 0) is 11.2 Å². The maximum Gasteiger partial charge on any atom is 0.229 e. The minimum Gasteiger partial charge on any atom is -0.495 e. The number of hydrogen-bond acceptors (Lipinski definition) is 4. The molecule has 0 bridgehead atoms. The number of methoxy groups -OCH3 is 1. The second kappa shape index (κ2) is 9.87. The SMILES string of the molecule is COc1ccccc1N1CCN(CCCNC(=O)[C@H]2CCCc3c2[nH]c2ccccc32)CC1. The van der Waals surface area contributed by atoms with Gasteiger partial charge in [-0.3, -0.25) is 9.69 Å². The normalized spacial score (nSPS) is 18.8. The van der Waals surface area contributed by atoms with E-state index in [2.05, 4.69) is 56.5 Å². The van der Waals surface area contributed by atoms with Crippen molar-refractivity contribution in [2.45, 2.75) is 31.6 Å². The Balaban J connectivity index is 1.09. The van der Waals surface area contributed by atoms with Gasteiger partial charge in [-0.25, -0.2) is 0 Å². The van der Waals surface area contributed by atoms with Gasteiger partial charge in [-0.05, 0) is 56.0 Å². The lowest BCUT2D eigenvalue weighted by molar-refractivity contribution is -0.122. The average Bonchev–Trinajstić information content (AvgIpc) is 3.26. The number of nitrogens with one attached hydrogen (secondary N) is 2. The van der Waals surface area contributed by atoms with Crippen molar-refractivity contribution in [2.24, 2.45) is 0 Å². The number of piperazine rings is 1. The van der Waals surface area contributed by atoms with Crippen molar-refractivity contribution < 1.29 is 9.53 Å². The summed E-state index contributed by atoms with van der Waals surface area (Å²) in [7, 11) is 1.73. The second-order valence-electron chi connectivity index (χ2n) is 9.15. The van der Waals surface area contributed by atoms with Gasteiger partial charge in [0.05, 0.1) is 18.7 Å². The van der Waals surface area contributed by atoms with Crippen LogP contribution in [0.4, 0.5) is 5.69 Å². The van der Waals surface area contributed by atoms with Crippen molar-refractivity contribution in [3.8, 4) is 5.75 Å². The fraction of sp³-hybridized carbons (Fsp3) is 0.444. The molecule has 2 aliphatic rings. The van der Waals surface area contributed by atoms with Crippen molar-refractivity contribution in [3.05, 3.63) is 59.8 Å². The number of hydrogen-bond donors (Lipinski definition) is 2. The molecule has 0 radical (unpaired) electrons. The Bertz CT molecular complexity index is 1100. The van der Waals surface area contributed by atoms with E-state index in [9.17, 15) is 4.79 Å². The molecule has 1 atom stereocenters. The summed E-state index contributed by atoms with van der Waals surface area (Å²) in [5, 5.41) is 4.49. The van der Waals surface area contributed by atoms with Gasteiger partial charge in [0.25, 0.3) is 0 Å². The Morgan fingerprint density at radius 2 is 1.88 bits per heavy atom. The molecule has 174 valence electrons. The van der Waals surface area contributed by atoms with Crippen LogP contribution < -0.4 is 15.0 Å². The molecule has 6 nitrogen and oxygen atoms in total. The quantitative estimate of drug-likeness (QED) is 0.540. The predicted octanol–water partition coefficient (Wildman–Crippen LogP) is 3.92. The van der Waals surface area contributed by atoms with Crippen molar-refractivity contribution in [1.82, 2.24) is 15.2 Å². The Kier molecular flexibility index (Phi) is 6.53. The number of rotatable bonds is 7. The van der Waals surface area contributed by atoms with Gasteiger partial charge in [0.2, 0.25) is 5.91 Å². The molecule has 1 amide bonds. The van der Waals surface area contributed by atoms with Crippen molar-refractivity contribution in [1.29, 1.82) is 0 Å². The molecular formula is C27H34N4O2.